The van der Waals surface area contributed by atoms with Gasteiger partial charge in [0.1, 0.15) is 5.75 Å². The molecule has 0 saturated heterocycles. The van der Waals surface area contributed by atoms with Crippen LogP contribution in [0.1, 0.15) is 31.4 Å². The van der Waals surface area contributed by atoms with Crippen molar-refractivity contribution >= 4 is 5.95 Å². The van der Waals surface area contributed by atoms with E-state index in [1.54, 1.807) is 6.20 Å². The Morgan fingerprint density at radius 1 is 1.25 bits per heavy atom. The minimum atomic E-state index is 0.604. The van der Waals surface area contributed by atoms with E-state index in [1.807, 2.05) is 25.1 Å². The van der Waals surface area contributed by atoms with Crippen LogP contribution in [-0.4, -0.2) is 16.5 Å². The summed E-state index contributed by atoms with van der Waals surface area (Å²) >= 11 is 0. The van der Waals surface area contributed by atoms with Crippen LogP contribution in [0, 0.1) is 6.92 Å². The number of nitrogens with one attached hydrogen (secondary N) is 1. The maximum atomic E-state index is 5.88. The molecule has 1 N–H and O–H groups in total. The van der Waals surface area contributed by atoms with Gasteiger partial charge in [-0.3, -0.25) is 0 Å². The molecule has 0 unspecified atom stereocenters. The average molecular weight is 271 g/mol. The van der Waals surface area contributed by atoms with Crippen LogP contribution in [0.4, 0.5) is 5.95 Å². The molecule has 0 saturated carbocycles. The van der Waals surface area contributed by atoms with Gasteiger partial charge in [0.05, 0.1) is 0 Å². The largest absolute Gasteiger partial charge is 0.439 e. The van der Waals surface area contributed by atoms with Crippen molar-refractivity contribution in [3.05, 3.63) is 41.6 Å². The molecule has 1 aromatic heterocycles. The van der Waals surface area contributed by atoms with Crippen molar-refractivity contribution in [2.24, 2.45) is 0 Å². The van der Waals surface area contributed by atoms with Gasteiger partial charge >= 0.3 is 0 Å². The second-order valence-corrected chi connectivity index (χ2v) is 4.71. The number of ether oxygens (including phenoxy) is 1. The number of nitrogens with zero attached hydrogens (tertiary/aromatic N) is 2. The van der Waals surface area contributed by atoms with Crippen LogP contribution in [0.3, 0.4) is 0 Å². The van der Waals surface area contributed by atoms with Crippen molar-refractivity contribution in [3.63, 3.8) is 0 Å². The van der Waals surface area contributed by atoms with E-state index in [4.69, 9.17) is 4.74 Å². The molecular weight excluding hydrogens is 250 g/mol. The quantitative estimate of drug-likeness (QED) is 0.863. The fourth-order valence-corrected chi connectivity index (χ4v) is 1.79. The van der Waals surface area contributed by atoms with Crippen LogP contribution in [-0.2, 0) is 6.42 Å². The summed E-state index contributed by atoms with van der Waals surface area (Å²) in [6.07, 6.45) is 3.80. The number of anilines is 1. The highest BCUT2D eigenvalue weighted by atomic mass is 16.5. The van der Waals surface area contributed by atoms with Gasteiger partial charge in [-0.05, 0) is 37.5 Å². The number of aryl methyl sites for hydroxylation is 2. The molecule has 0 radical (unpaired) electrons. The minimum Gasteiger partial charge on any atom is -0.439 e. The van der Waals surface area contributed by atoms with E-state index >= 15 is 0 Å². The molecule has 2 rings (SSSR count). The van der Waals surface area contributed by atoms with Crippen molar-refractivity contribution in [3.8, 4) is 11.6 Å². The Balaban J connectivity index is 2.18. The van der Waals surface area contributed by atoms with Crippen molar-refractivity contribution in [2.45, 2.75) is 33.6 Å². The molecule has 0 atom stereocenters. The molecular formula is C16H21N3O. The van der Waals surface area contributed by atoms with Crippen LogP contribution in [0.15, 0.2) is 30.5 Å². The molecule has 1 heterocycles. The highest BCUT2D eigenvalue weighted by molar-refractivity contribution is 5.37. The highest BCUT2D eigenvalue weighted by Crippen LogP contribution is 2.24. The van der Waals surface area contributed by atoms with E-state index in [1.165, 1.54) is 5.56 Å². The first-order valence-electron chi connectivity index (χ1n) is 7.07. The molecule has 106 valence electrons. The topological polar surface area (TPSA) is 47.0 Å². The molecule has 4 nitrogen and oxygen atoms in total. The van der Waals surface area contributed by atoms with E-state index in [9.17, 15) is 0 Å². The SMILES string of the molecule is CCCNc1ncc(C)c(Oc2cccc(CC)c2)n1. The van der Waals surface area contributed by atoms with E-state index in [-0.39, 0.29) is 0 Å². The monoisotopic (exact) mass is 271 g/mol. The summed E-state index contributed by atoms with van der Waals surface area (Å²) in [5.41, 5.74) is 2.17. The number of rotatable bonds is 6. The van der Waals surface area contributed by atoms with Crippen LogP contribution < -0.4 is 10.1 Å². The molecule has 0 fully saturated rings. The first kappa shape index (κ1) is 14.3. The Hall–Kier alpha value is -2.10. The summed E-state index contributed by atoms with van der Waals surface area (Å²) < 4.78 is 5.88. The third-order valence-electron chi connectivity index (χ3n) is 2.98. The lowest BCUT2D eigenvalue weighted by atomic mass is 10.2. The number of aromatic nitrogens is 2. The smallest absolute Gasteiger partial charge is 0.226 e. The van der Waals surface area contributed by atoms with E-state index in [2.05, 4.69) is 35.2 Å². The maximum Gasteiger partial charge on any atom is 0.226 e. The van der Waals surface area contributed by atoms with Crippen molar-refractivity contribution in [1.82, 2.24) is 9.97 Å². The Labute approximate surface area is 120 Å². The van der Waals surface area contributed by atoms with E-state index in [0.29, 0.717) is 11.8 Å². The third-order valence-corrected chi connectivity index (χ3v) is 2.98. The normalized spacial score (nSPS) is 10.3. The predicted molar refractivity (Wildman–Crippen MR) is 81.4 cm³/mol. The molecule has 0 spiro atoms. The van der Waals surface area contributed by atoms with Gasteiger partial charge in [0, 0.05) is 18.3 Å². The Bertz CT molecular complexity index is 569. The van der Waals surface area contributed by atoms with Crippen molar-refractivity contribution < 1.29 is 4.74 Å². The standard InChI is InChI=1S/C16H21N3O/c1-4-9-17-16-18-11-12(3)15(19-16)20-14-8-6-7-13(5-2)10-14/h6-8,10-11H,4-5,9H2,1-3H3,(H,17,18,19). The van der Waals surface area contributed by atoms with Gasteiger partial charge in [0.25, 0.3) is 0 Å². The molecule has 0 amide bonds. The number of benzene rings is 1. The molecule has 0 bridgehead atoms. The van der Waals surface area contributed by atoms with Crippen molar-refractivity contribution in [1.29, 1.82) is 0 Å². The molecule has 0 aliphatic heterocycles. The summed E-state index contributed by atoms with van der Waals surface area (Å²) in [7, 11) is 0. The first-order chi connectivity index (χ1) is 9.72. The molecule has 4 heteroatoms. The fourth-order valence-electron chi connectivity index (χ4n) is 1.79. The van der Waals surface area contributed by atoms with Gasteiger partial charge in [0.2, 0.25) is 11.8 Å². The Morgan fingerprint density at radius 2 is 2.10 bits per heavy atom. The van der Waals surface area contributed by atoms with Crippen LogP contribution >= 0.6 is 0 Å². The second kappa shape index (κ2) is 6.89. The lowest BCUT2D eigenvalue weighted by Crippen LogP contribution is -2.05. The minimum absolute atomic E-state index is 0.604. The maximum absolute atomic E-state index is 5.88. The van der Waals surface area contributed by atoms with Gasteiger partial charge < -0.3 is 10.1 Å². The van der Waals surface area contributed by atoms with Crippen LogP contribution in [0.2, 0.25) is 0 Å². The highest BCUT2D eigenvalue weighted by Gasteiger charge is 2.06. The summed E-state index contributed by atoms with van der Waals surface area (Å²) in [6, 6.07) is 8.08. The summed E-state index contributed by atoms with van der Waals surface area (Å²) in [5, 5.41) is 3.17. The van der Waals surface area contributed by atoms with Gasteiger partial charge in [-0.25, -0.2) is 4.98 Å². The second-order valence-electron chi connectivity index (χ2n) is 4.71. The molecule has 0 aliphatic rings. The molecule has 20 heavy (non-hydrogen) atoms. The van der Waals surface area contributed by atoms with E-state index < -0.39 is 0 Å². The lowest BCUT2D eigenvalue weighted by molar-refractivity contribution is 0.457. The zero-order valence-corrected chi connectivity index (χ0v) is 12.3. The number of hydrogen-bond donors (Lipinski definition) is 1. The zero-order valence-electron chi connectivity index (χ0n) is 12.3. The average Bonchev–Trinajstić information content (AvgIpc) is 2.48. The Morgan fingerprint density at radius 3 is 2.85 bits per heavy atom. The third kappa shape index (κ3) is 3.70. The Kier molecular flexibility index (Phi) is 4.93. The lowest BCUT2D eigenvalue weighted by Gasteiger charge is -2.10. The van der Waals surface area contributed by atoms with Crippen LogP contribution in [0.5, 0.6) is 11.6 Å². The molecule has 2 aromatic rings. The predicted octanol–water partition coefficient (Wildman–Crippen LogP) is 3.96. The van der Waals surface area contributed by atoms with E-state index in [0.717, 1.165) is 30.7 Å². The summed E-state index contributed by atoms with van der Waals surface area (Å²) in [6.45, 7) is 7.03. The van der Waals surface area contributed by atoms with Gasteiger partial charge in [-0.1, -0.05) is 26.0 Å². The summed E-state index contributed by atoms with van der Waals surface area (Å²) in [4.78, 5) is 8.67. The number of hydrogen-bond acceptors (Lipinski definition) is 4. The van der Waals surface area contributed by atoms with Crippen LogP contribution in [0.25, 0.3) is 0 Å². The van der Waals surface area contributed by atoms with Gasteiger partial charge in [0.15, 0.2) is 0 Å². The summed E-state index contributed by atoms with van der Waals surface area (Å²) in [5.74, 6) is 2.03. The fraction of sp³-hybridized carbons (Fsp3) is 0.375. The van der Waals surface area contributed by atoms with Gasteiger partial charge in [-0.2, -0.15) is 4.98 Å². The molecule has 1 aromatic carbocycles. The van der Waals surface area contributed by atoms with Crippen molar-refractivity contribution in [2.75, 3.05) is 11.9 Å². The zero-order chi connectivity index (χ0) is 14.4. The van der Waals surface area contributed by atoms with Gasteiger partial charge in [-0.15, -0.1) is 0 Å². The first-order valence-corrected chi connectivity index (χ1v) is 7.07. The molecule has 0 aliphatic carbocycles.